The summed E-state index contributed by atoms with van der Waals surface area (Å²) in [4.78, 5) is 2.67. The number of fused-ring (bicyclic) bond motifs is 1. The molecular weight excluding hydrogens is 260 g/mol. The molecule has 1 saturated heterocycles. The molecule has 2 fully saturated rings. The monoisotopic (exact) mass is 288 g/mol. The smallest absolute Gasteiger partial charge is 0.118 e. The summed E-state index contributed by atoms with van der Waals surface area (Å²) in [6, 6.07) is 8.96. The molecule has 1 N–H and O–H groups in total. The summed E-state index contributed by atoms with van der Waals surface area (Å²) in [5, 5.41) is 3.65. The Bertz CT molecular complexity index is 433. The van der Waals surface area contributed by atoms with Crippen LogP contribution in [-0.4, -0.2) is 38.2 Å². The largest absolute Gasteiger partial charge is 0.497 e. The van der Waals surface area contributed by atoms with E-state index in [-0.39, 0.29) is 0 Å². The lowest BCUT2D eigenvalue weighted by atomic mass is 10.0. The summed E-state index contributed by atoms with van der Waals surface area (Å²) in [5.74, 6) is 2.89. The molecule has 3 heteroatoms. The van der Waals surface area contributed by atoms with Crippen molar-refractivity contribution < 1.29 is 4.74 Å². The van der Waals surface area contributed by atoms with Gasteiger partial charge in [0.15, 0.2) is 0 Å². The fourth-order valence-electron chi connectivity index (χ4n) is 4.11. The average Bonchev–Trinajstić information content (AvgIpc) is 3.08. The van der Waals surface area contributed by atoms with Crippen molar-refractivity contribution in [2.45, 2.75) is 32.2 Å². The van der Waals surface area contributed by atoms with Gasteiger partial charge < -0.3 is 15.0 Å². The van der Waals surface area contributed by atoms with Crippen molar-refractivity contribution >= 4 is 0 Å². The van der Waals surface area contributed by atoms with Gasteiger partial charge in [-0.2, -0.15) is 0 Å². The lowest BCUT2D eigenvalue weighted by Gasteiger charge is -2.25. The molecule has 116 valence electrons. The third kappa shape index (κ3) is 3.41. The number of ether oxygens (including phenoxy) is 1. The fourth-order valence-corrected chi connectivity index (χ4v) is 4.11. The number of hydrogen-bond donors (Lipinski definition) is 1. The molecule has 0 spiro atoms. The number of methoxy groups -OCH3 is 1. The Labute approximate surface area is 128 Å². The van der Waals surface area contributed by atoms with E-state index in [4.69, 9.17) is 4.74 Å². The van der Waals surface area contributed by atoms with Gasteiger partial charge in [0.25, 0.3) is 0 Å². The highest BCUT2D eigenvalue weighted by Gasteiger charge is 2.36. The maximum absolute atomic E-state index is 5.26. The molecule has 0 amide bonds. The topological polar surface area (TPSA) is 24.5 Å². The molecular formula is C18H28N2O. The molecule has 3 nitrogen and oxygen atoms in total. The van der Waals surface area contributed by atoms with Crippen LogP contribution in [0.3, 0.4) is 0 Å². The van der Waals surface area contributed by atoms with Gasteiger partial charge in [-0.15, -0.1) is 0 Å². The summed E-state index contributed by atoms with van der Waals surface area (Å²) >= 11 is 0. The second-order valence-corrected chi connectivity index (χ2v) is 6.55. The van der Waals surface area contributed by atoms with Gasteiger partial charge in [0.2, 0.25) is 0 Å². The van der Waals surface area contributed by atoms with Crippen LogP contribution in [0.2, 0.25) is 0 Å². The van der Waals surface area contributed by atoms with Crippen molar-refractivity contribution in [1.29, 1.82) is 0 Å². The number of benzene rings is 1. The second kappa shape index (κ2) is 6.80. The van der Waals surface area contributed by atoms with Gasteiger partial charge in [0.05, 0.1) is 7.11 Å². The van der Waals surface area contributed by atoms with Crippen LogP contribution in [0.1, 0.15) is 37.8 Å². The number of nitrogens with one attached hydrogen (secondary N) is 1. The first-order chi connectivity index (χ1) is 10.3. The predicted octanol–water partition coefficient (Wildman–Crippen LogP) is 3.08. The van der Waals surface area contributed by atoms with E-state index in [1.165, 1.54) is 37.9 Å². The molecule has 0 radical (unpaired) electrons. The van der Waals surface area contributed by atoms with E-state index in [9.17, 15) is 0 Å². The zero-order chi connectivity index (χ0) is 14.7. The summed E-state index contributed by atoms with van der Waals surface area (Å²) in [5.41, 5.74) is 1.37. The van der Waals surface area contributed by atoms with Crippen LogP contribution in [-0.2, 0) is 0 Å². The highest BCUT2D eigenvalue weighted by molar-refractivity contribution is 5.29. The molecule has 1 heterocycles. The van der Waals surface area contributed by atoms with E-state index in [1.54, 1.807) is 7.11 Å². The molecule has 3 rings (SSSR count). The Morgan fingerprint density at radius 2 is 1.86 bits per heavy atom. The lowest BCUT2D eigenvalue weighted by molar-refractivity contribution is 0.274. The van der Waals surface area contributed by atoms with E-state index in [0.29, 0.717) is 6.04 Å². The van der Waals surface area contributed by atoms with Crippen molar-refractivity contribution in [2.75, 3.05) is 33.3 Å². The van der Waals surface area contributed by atoms with Crippen molar-refractivity contribution in [1.82, 2.24) is 10.2 Å². The molecule has 3 atom stereocenters. The molecule has 1 aromatic carbocycles. The quantitative estimate of drug-likeness (QED) is 0.870. The summed E-state index contributed by atoms with van der Waals surface area (Å²) in [7, 11) is 1.72. The molecule has 2 aliphatic rings. The molecule has 1 aromatic rings. The predicted molar refractivity (Wildman–Crippen MR) is 86.7 cm³/mol. The number of nitrogens with zero attached hydrogens (tertiary/aromatic N) is 1. The zero-order valence-corrected chi connectivity index (χ0v) is 13.3. The van der Waals surface area contributed by atoms with Crippen LogP contribution in [0.25, 0.3) is 0 Å². The Kier molecular flexibility index (Phi) is 4.81. The minimum Gasteiger partial charge on any atom is -0.497 e. The highest BCUT2D eigenvalue weighted by atomic mass is 16.5. The molecule has 0 aromatic heterocycles. The first-order valence-electron chi connectivity index (χ1n) is 8.40. The minimum atomic E-state index is 0.430. The maximum Gasteiger partial charge on any atom is 0.118 e. The highest BCUT2D eigenvalue weighted by Crippen LogP contribution is 2.38. The normalized spacial score (nSPS) is 26.8. The van der Waals surface area contributed by atoms with E-state index in [2.05, 4.69) is 41.4 Å². The Morgan fingerprint density at radius 3 is 2.43 bits per heavy atom. The van der Waals surface area contributed by atoms with E-state index in [1.807, 2.05) is 0 Å². The van der Waals surface area contributed by atoms with Crippen molar-refractivity contribution in [2.24, 2.45) is 11.8 Å². The van der Waals surface area contributed by atoms with Gasteiger partial charge >= 0.3 is 0 Å². The van der Waals surface area contributed by atoms with Gasteiger partial charge in [-0.1, -0.05) is 25.5 Å². The molecule has 1 saturated carbocycles. The van der Waals surface area contributed by atoms with Crippen molar-refractivity contribution in [3.05, 3.63) is 29.8 Å². The van der Waals surface area contributed by atoms with Gasteiger partial charge in [-0.25, -0.2) is 0 Å². The Balaban J connectivity index is 1.63. The summed E-state index contributed by atoms with van der Waals surface area (Å²) in [6.45, 7) is 6.95. The van der Waals surface area contributed by atoms with Crippen LogP contribution in [0, 0.1) is 11.8 Å². The van der Waals surface area contributed by atoms with E-state index in [0.717, 1.165) is 30.7 Å². The Hall–Kier alpha value is -1.06. The van der Waals surface area contributed by atoms with Gasteiger partial charge in [-0.05, 0) is 48.9 Å². The van der Waals surface area contributed by atoms with Crippen molar-refractivity contribution in [3.63, 3.8) is 0 Å². The average molecular weight is 288 g/mol. The molecule has 1 aliphatic heterocycles. The van der Waals surface area contributed by atoms with Gasteiger partial charge in [-0.3, -0.25) is 0 Å². The van der Waals surface area contributed by atoms with Crippen LogP contribution in [0.4, 0.5) is 0 Å². The summed E-state index contributed by atoms with van der Waals surface area (Å²) < 4.78 is 5.26. The number of likely N-dealkylation sites (tertiary alicyclic amines) is 1. The van der Waals surface area contributed by atoms with Crippen LogP contribution in [0.5, 0.6) is 5.75 Å². The van der Waals surface area contributed by atoms with Crippen molar-refractivity contribution in [3.8, 4) is 5.75 Å². The number of rotatable bonds is 6. The Morgan fingerprint density at radius 1 is 1.19 bits per heavy atom. The zero-order valence-electron chi connectivity index (χ0n) is 13.3. The maximum atomic E-state index is 5.26. The third-order valence-corrected chi connectivity index (χ3v) is 5.21. The minimum absolute atomic E-state index is 0.430. The fraction of sp³-hybridized carbons (Fsp3) is 0.667. The number of hydrogen-bond acceptors (Lipinski definition) is 3. The lowest BCUT2D eigenvalue weighted by Crippen LogP contribution is -2.34. The molecule has 1 aliphatic carbocycles. The molecule has 21 heavy (non-hydrogen) atoms. The van der Waals surface area contributed by atoms with E-state index < -0.39 is 0 Å². The SMILES string of the molecule is CCNC(CN1CC2CCCC2C1)c1ccc(OC)cc1. The van der Waals surface area contributed by atoms with Crippen LogP contribution < -0.4 is 10.1 Å². The van der Waals surface area contributed by atoms with E-state index >= 15 is 0 Å². The first kappa shape index (κ1) is 14.9. The molecule has 3 unspecified atom stereocenters. The second-order valence-electron chi connectivity index (χ2n) is 6.55. The summed E-state index contributed by atoms with van der Waals surface area (Å²) in [6.07, 6.45) is 4.36. The standard InChI is InChI=1S/C18H28N2O/c1-3-19-18(14-7-9-17(21-2)10-8-14)13-20-11-15-5-4-6-16(15)12-20/h7-10,15-16,18-19H,3-6,11-13H2,1-2H3. The van der Waals surface area contributed by atoms with Crippen LogP contribution >= 0.6 is 0 Å². The van der Waals surface area contributed by atoms with Crippen LogP contribution in [0.15, 0.2) is 24.3 Å². The van der Waals surface area contributed by atoms with Gasteiger partial charge in [0.1, 0.15) is 5.75 Å². The first-order valence-corrected chi connectivity index (χ1v) is 8.40. The van der Waals surface area contributed by atoms with Gasteiger partial charge in [0, 0.05) is 25.7 Å². The molecule has 0 bridgehead atoms. The third-order valence-electron chi connectivity index (χ3n) is 5.21. The number of likely N-dealkylation sites (N-methyl/N-ethyl adjacent to an activating group) is 1.